The maximum Gasteiger partial charge on any atom is 0.258 e. The second-order valence-electron chi connectivity index (χ2n) is 8.46. The van der Waals surface area contributed by atoms with Crippen LogP contribution in [0.4, 0.5) is 11.4 Å². The lowest BCUT2D eigenvalue weighted by Crippen LogP contribution is -2.32. The molecule has 0 radical (unpaired) electrons. The summed E-state index contributed by atoms with van der Waals surface area (Å²) in [6.07, 6.45) is 2.95. The van der Waals surface area contributed by atoms with Crippen molar-refractivity contribution in [2.45, 2.75) is 19.3 Å². The van der Waals surface area contributed by atoms with Gasteiger partial charge < -0.3 is 10.2 Å². The van der Waals surface area contributed by atoms with Crippen LogP contribution in [0.5, 0.6) is 0 Å². The molecule has 176 valence electrons. The fraction of sp³-hybridized carbons (Fsp3) is 0.133. The predicted molar refractivity (Wildman–Crippen MR) is 145 cm³/mol. The second-order valence-corrected chi connectivity index (χ2v) is 8.46. The first kappa shape index (κ1) is 24.2. The third kappa shape index (κ3) is 5.13. The summed E-state index contributed by atoms with van der Waals surface area (Å²) in [6.45, 7) is 0.657. The molecule has 0 spiro atoms. The van der Waals surface area contributed by atoms with Gasteiger partial charge >= 0.3 is 0 Å². The van der Waals surface area contributed by atoms with Gasteiger partial charge in [-0.3, -0.25) is 9.59 Å². The number of carbonyl (C=O) groups excluding carboxylic acids is 2. The molecule has 0 aromatic heterocycles. The van der Waals surface area contributed by atoms with Gasteiger partial charge in [-0.1, -0.05) is 72.8 Å². The zero-order valence-electron chi connectivity index (χ0n) is 19.3. The Labute approximate surface area is 212 Å². The number of nitrogens with zero attached hydrogens (tertiary/aromatic N) is 1. The van der Waals surface area contributed by atoms with Crippen molar-refractivity contribution in [2.24, 2.45) is 0 Å². The van der Waals surface area contributed by atoms with E-state index in [9.17, 15) is 9.59 Å². The van der Waals surface area contributed by atoms with E-state index in [4.69, 9.17) is 0 Å². The van der Waals surface area contributed by atoms with Crippen LogP contribution in [0.2, 0.25) is 0 Å². The monoisotopic (exact) mass is 482 g/mol. The van der Waals surface area contributed by atoms with Crippen LogP contribution in [0.1, 0.15) is 39.1 Å². The summed E-state index contributed by atoms with van der Waals surface area (Å²) in [6, 6.07) is 32.6. The molecule has 1 N–H and O–H groups in total. The normalized spacial score (nSPS) is 12.6. The van der Waals surface area contributed by atoms with Crippen molar-refractivity contribution >= 4 is 35.6 Å². The smallest absolute Gasteiger partial charge is 0.258 e. The lowest BCUT2D eigenvalue weighted by molar-refractivity contribution is 0.0987. The molecule has 0 aliphatic carbocycles. The summed E-state index contributed by atoms with van der Waals surface area (Å²) in [5, 5.41) is 2.98. The lowest BCUT2D eigenvalue weighted by atomic mass is 9.92. The van der Waals surface area contributed by atoms with Gasteiger partial charge in [-0.15, -0.1) is 12.4 Å². The van der Waals surface area contributed by atoms with Crippen molar-refractivity contribution in [3.05, 3.63) is 120 Å². The zero-order valence-corrected chi connectivity index (χ0v) is 20.1. The van der Waals surface area contributed by atoms with Crippen LogP contribution in [0, 0.1) is 0 Å². The van der Waals surface area contributed by atoms with Gasteiger partial charge in [0, 0.05) is 34.6 Å². The van der Waals surface area contributed by atoms with E-state index in [0.29, 0.717) is 28.9 Å². The molecule has 1 aliphatic rings. The Morgan fingerprint density at radius 1 is 0.686 bits per heavy atom. The molecule has 5 rings (SSSR count). The number of hydrogen-bond donors (Lipinski definition) is 1. The van der Waals surface area contributed by atoms with Crippen LogP contribution < -0.4 is 10.2 Å². The Bertz CT molecular complexity index is 1320. The molecule has 0 bridgehead atoms. The predicted octanol–water partition coefficient (Wildman–Crippen LogP) is 7.01. The Morgan fingerprint density at radius 3 is 2.11 bits per heavy atom. The summed E-state index contributed by atoms with van der Waals surface area (Å²) in [5.41, 5.74) is 5.36. The van der Waals surface area contributed by atoms with Crippen LogP contribution in [-0.4, -0.2) is 18.4 Å². The number of fused-ring (bicyclic) bond motifs is 1. The molecular formula is C30H27ClN2O2. The summed E-state index contributed by atoms with van der Waals surface area (Å²) in [4.78, 5) is 29.3. The largest absolute Gasteiger partial charge is 0.322 e. The van der Waals surface area contributed by atoms with E-state index >= 15 is 0 Å². The maximum absolute atomic E-state index is 14.0. The highest BCUT2D eigenvalue weighted by Gasteiger charge is 2.27. The summed E-state index contributed by atoms with van der Waals surface area (Å²) >= 11 is 0. The van der Waals surface area contributed by atoms with Gasteiger partial charge in [0.2, 0.25) is 0 Å². The number of hydrogen-bond acceptors (Lipinski definition) is 2. The van der Waals surface area contributed by atoms with Crippen LogP contribution in [0.15, 0.2) is 103 Å². The number of anilines is 2. The number of carbonyl (C=O) groups is 2. The van der Waals surface area contributed by atoms with Gasteiger partial charge in [0.25, 0.3) is 11.8 Å². The fourth-order valence-electron chi connectivity index (χ4n) is 4.60. The molecule has 0 unspecified atom stereocenters. The molecule has 4 nitrogen and oxygen atoms in total. The molecule has 1 aliphatic heterocycles. The number of nitrogens with one attached hydrogen (secondary N) is 1. The van der Waals surface area contributed by atoms with Crippen molar-refractivity contribution in [1.29, 1.82) is 0 Å². The van der Waals surface area contributed by atoms with Crippen LogP contribution in [-0.2, 0) is 6.42 Å². The molecule has 0 atom stereocenters. The minimum Gasteiger partial charge on any atom is -0.322 e. The number of para-hydroxylation sites is 2. The highest BCUT2D eigenvalue weighted by molar-refractivity contribution is 6.16. The van der Waals surface area contributed by atoms with Gasteiger partial charge in [-0.2, -0.15) is 0 Å². The van der Waals surface area contributed by atoms with Crippen LogP contribution >= 0.6 is 12.4 Å². The highest BCUT2D eigenvalue weighted by Crippen LogP contribution is 2.33. The van der Waals surface area contributed by atoms with Crippen molar-refractivity contribution in [3.63, 3.8) is 0 Å². The van der Waals surface area contributed by atoms with Gasteiger partial charge in [0.05, 0.1) is 0 Å². The number of rotatable bonds is 4. The molecule has 2 amide bonds. The van der Waals surface area contributed by atoms with Gasteiger partial charge in [-0.25, -0.2) is 0 Å². The quantitative estimate of drug-likeness (QED) is 0.340. The molecular weight excluding hydrogens is 456 g/mol. The summed E-state index contributed by atoms with van der Waals surface area (Å²) in [5.74, 6) is -0.321. The van der Waals surface area contributed by atoms with E-state index in [0.717, 1.165) is 30.5 Å². The summed E-state index contributed by atoms with van der Waals surface area (Å²) in [7, 11) is 0. The minimum absolute atomic E-state index is 0. The van der Waals surface area contributed by atoms with Crippen LogP contribution in [0.3, 0.4) is 0 Å². The van der Waals surface area contributed by atoms with Crippen molar-refractivity contribution in [2.75, 3.05) is 16.8 Å². The van der Waals surface area contributed by atoms with Crippen molar-refractivity contribution < 1.29 is 9.59 Å². The molecule has 4 aromatic carbocycles. The van der Waals surface area contributed by atoms with E-state index in [1.54, 1.807) is 12.1 Å². The van der Waals surface area contributed by atoms with E-state index in [-0.39, 0.29) is 24.2 Å². The second kappa shape index (κ2) is 11.0. The number of amides is 2. The van der Waals surface area contributed by atoms with E-state index < -0.39 is 0 Å². The first-order chi connectivity index (χ1) is 16.7. The molecule has 4 aromatic rings. The number of aryl methyl sites for hydroxylation is 1. The standard InChI is InChI=1S/C30H26N2O2.ClH/c33-29(31-24-16-5-2-6-17-24)25-18-11-19-26(28(25)23-14-3-1-4-15-23)30(34)32-21-10-9-13-22-12-7-8-20-27(22)32;/h1-8,11-12,14-20H,9-10,13,21H2,(H,31,33);1H. The topological polar surface area (TPSA) is 49.4 Å². The Hall–Kier alpha value is -3.89. The van der Waals surface area contributed by atoms with Gasteiger partial charge in [-0.05, 0) is 60.7 Å². The third-order valence-corrected chi connectivity index (χ3v) is 6.24. The molecule has 0 saturated heterocycles. The molecule has 1 heterocycles. The van der Waals surface area contributed by atoms with Crippen molar-refractivity contribution in [1.82, 2.24) is 0 Å². The average molecular weight is 483 g/mol. The number of halogens is 1. The van der Waals surface area contributed by atoms with E-state index in [2.05, 4.69) is 11.4 Å². The average Bonchev–Trinajstić information content (AvgIpc) is 3.11. The van der Waals surface area contributed by atoms with Gasteiger partial charge in [0.1, 0.15) is 0 Å². The number of benzene rings is 4. The van der Waals surface area contributed by atoms with E-state index in [1.165, 1.54) is 5.56 Å². The van der Waals surface area contributed by atoms with E-state index in [1.807, 2.05) is 89.8 Å². The molecule has 0 fully saturated rings. The first-order valence-corrected chi connectivity index (χ1v) is 11.7. The SMILES string of the molecule is Cl.O=C(Nc1ccccc1)c1cccc(C(=O)N2CCCCc3ccccc32)c1-c1ccccc1. The van der Waals surface area contributed by atoms with Crippen molar-refractivity contribution in [3.8, 4) is 11.1 Å². The lowest BCUT2D eigenvalue weighted by Gasteiger charge is -2.25. The maximum atomic E-state index is 14.0. The molecule has 35 heavy (non-hydrogen) atoms. The Kier molecular flexibility index (Phi) is 7.64. The molecule has 5 heteroatoms. The summed E-state index contributed by atoms with van der Waals surface area (Å²) < 4.78 is 0. The molecule has 0 saturated carbocycles. The minimum atomic E-state index is -0.240. The highest BCUT2D eigenvalue weighted by atomic mass is 35.5. The zero-order chi connectivity index (χ0) is 23.3. The Balaban J connectivity index is 0.00000289. The first-order valence-electron chi connectivity index (χ1n) is 11.7. The van der Waals surface area contributed by atoms with Gasteiger partial charge in [0.15, 0.2) is 0 Å². The third-order valence-electron chi connectivity index (χ3n) is 6.24. The Morgan fingerprint density at radius 2 is 1.34 bits per heavy atom. The fourth-order valence-corrected chi connectivity index (χ4v) is 4.60. The van der Waals surface area contributed by atoms with Crippen LogP contribution in [0.25, 0.3) is 11.1 Å².